The van der Waals surface area contributed by atoms with Gasteiger partial charge in [0.2, 0.25) is 0 Å². The van der Waals surface area contributed by atoms with Crippen molar-refractivity contribution in [2.45, 2.75) is 65.8 Å². The topological polar surface area (TPSA) is 44.5 Å². The average Bonchev–Trinajstić information content (AvgIpc) is 2.26. The van der Waals surface area contributed by atoms with Gasteiger partial charge in [-0.1, -0.05) is 20.8 Å². The molecule has 0 aliphatic heterocycles. The van der Waals surface area contributed by atoms with Crippen LogP contribution in [-0.4, -0.2) is 25.5 Å². The zero-order valence-corrected chi connectivity index (χ0v) is 11.9. The SMILES string of the molecule is CC(OCCN)OC1CCC(C(C)(C)C)CC1. The van der Waals surface area contributed by atoms with E-state index in [9.17, 15) is 0 Å². The third-order valence-electron chi connectivity index (χ3n) is 3.75. The van der Waals surface area contributed by atoms with Gasteiger partial charge in [0.05, 0.1) is 12.7 Å². The first-order valence-electron chi connectivity index (χ1n) is 6.90. The maximum Gasteiger partial charge on any atom is 0.155 e. The van der Waals surface area contributed by atoms with Crippen LogP contribution in [0.3, 0.4) is 0 Å². The van der Waals surface area contributed by atoms with Gasteiger partial charge in [0, 0.05) is 6.54 Å². The van der Waals surface area contributed by atoms with E-state index in [1.165, 1.54) is 12.8 Å². The maximum absolute atomic E-state index is 5.88. The molecule has 102 valence electrons. The van der Waals surface area contributed by atoms with Crippen LogP contribution in [0.2, 0.25) is 0 Å². The zero-order chi connectivity index (χ0) is 12.9. The van der Waals surface area contributed by atoms with Gasteiger partial charge < -0.3 is 15.2 Å². The van der Waals surface area contributed by atoms with Crippen molar-refractivity contribution in [2.75, 3.05) is 13.2 Å². The van der Waals surface area contributed by atoms with Crippen LogP contribution in [0, 0.1) is 11.3 Å². The van der Waals surface area contributed by atoms with Crippen molar-refractivity contribution >= 4 is 0 Å². The van der Waals surface area contributed by atoms with Crippen LogP contribution in [-0.2, 0) is 9.47 Å². The molecule has 0 aromatic heterocycles. The van der Waals surface area contributed by atoms with Crippen molar-refractivity contribution < 1.29 is 9.47 Å². The first kappa shape index (κ1) is 14.9. The second-order valence-corrected chi connectivity index (χ2v) is 6.20. The molecule has 2 N–H and O–H groups in total. The molecule has 0 amide bonds. The van der Waals surface area contributed by atoms with E-state index in [1.807, 2.05) is 6.92 Å². The van der Waals surface area contributed by atoms with E-state index in [1.54, 1.807) is 0 Å². The van der Waals surface area contributed by atoms with Crippen molar-refractivity contribution in [1.29, 1.82) is 0 Å². The number of nitrogens with two attached hydrogens (primary N) is 1. The molecule has 17 heavy (non-hydrogen) atoms. The van der Waals surface area contributed by atoms with E-state index in [2.05, 4.69) is 20.8 Å². The molecule has 3 nitrogen and oxygen atoms in total. The van der Waals surface area contributed by atoms with Gasteiger partial charge in [-0.25, -0.2) is 0 Å². The summed E-state index contributed by atoms with van der Waals surface area (Å²) in [6.07, 6.45) is 5.14. The van der Waals surface area contributed by atoms with Gasteiger partial charge in [0.15, 0.2) is 6.29 Å². The Morgan fingerprint density at radius 2 is 1.76 bits per heavy atom. The molecule has 0 radical (unpaired) electrons. The van der Waals surface area contributed by atoms with Crippen LogP contribution in [0.5, 0.6) is 0 Å². The molecule has 1 unspecified atom stereocenters. The van der Waals surface area contributed by atoms with Crippen LogP contribution in [0.1, 0.15) is 53.4 Å². The number of hydrogen-bond acceptors (Lipinski definition) is 3. The molecule has 1 saturated carbocycles. The van der Waals surface area contributed by atoms with Crippen molar-refractivity contribution in [2.24, 2.45) is 17.1 Å². The lowest BCUT2D eigenvalue weighted by Crippen LogP contribution is -2.31. The van der Waals surface area contributed by atoms with Crippen molar-refractivity contribution in [3.05, 3.63) is 0 Å². The van der Waals surface area contributed by atoms with Crippen LogP contribution in [0.4, 0.5) is 0 Å². The fourth-order valence-electron chi connectivity index (χ4n) is 2.61. The summed E-state index contributed by atoms with van der Waals surface area (Å²) in [5.41, 5.74) is 5.83. The van der Waals surface area contributed by atoms with Gasteiger partial charge in [0.25, 0.3) is 0 Å². The second kappa shape index (κ2) is 6.72. The Bertz CT molecular complexity index is 205. The van der Waals surface area contributed by atoms with E-state index < -0.39 is 0 Å². The lowest BCUT2D eigenvalue weighted by molar-refractivity contribution is -0.168. The molecular weight excluding hydrogens is 214 g/mol. The Labute approximate surface area is 106 Å². The zero-order valence-electron chi connectivity index (χ0n) is 11.9. The van der Waals surface area contributed by atoms with Crippen LogP contribution in [0.25, 0.3) is 0 Å². The largest absolute Gasteiger partial charge is 0.352 e. The van der Waals surface area contributed by atoms with Gasteiger partial charge in [0.1, 0.15) is 0 Å². The fraction of sp³-hybridized carbons (Fsp3) is 1.00. The Morgan fingerprint density at radius 3 is 2.24 bits per heavy atom. The first-order chi connectivity index (χ1) is 7.93. The molecule has 0 heterocycles. The summed E-state index contributed by atoms with van der Waals surface area (Å²) in [5.74, 6) is 0.836. The second-order valence-electron chi connectivity index (χ2n) is 6.20. The summed E-state index contributed by atoms with van der Waals surface area (Å²) in [5, 5.41) is 0. The molecular formula is C14H29NO2. The number of ether oxygens (including phenoxy) is 2. The van der Waals surface area contributed by atoms with Crippen molar-refractivity contribution in [1.82, 2.24) is 0 Å². The Kier molecular flexibility index (Phi) is 5.90. The Balaban J connectivity index is 2.23. The van der Waals surface area contributed by atoms with Crippen LogP contribution >= 0.6 is 0 Å². The van der Waals surface area contributed by atoms with E-state index in [-0.39, 0.29) is 6.29 Å². The first-order valence-corrected chi connectivity index (χ1v) is 6.90. The molecule has 0 aromatic carbocycles. The van der Waals surface area contributed by atoms with E-state index >= 15 is 0 Å². The fourth-order valence-corrected chi connectivity index (χ4v) is 2.61. The molecule has 1 rings (SSSR count). The van der Waals surface area contributed by atoms with Crippen molar-refractivity contribution in [3.63, 3.8) is 0 Å². The van der Waals surface area contributed by atoms with Gasteiger partial charge in [-0.3, -0.25) is 0 Å². The van der Waals surface area contributed by atoms with Gasteiger partial charge in [-0.05, 0) is 43.9 Å². The normalized spacial score (nSPS) is 28.1. The summed E-state index contributed by atoms with van der Waals surface area (Å²) < 4.78 is 11.3. The average molecular weight is 243 g/mol. The Morgan fingerprint density at radius 1 is 1.18 bits per heavy atom. The third kappa shape index (κ3) is 5.36. The lowest BCUT2D eigenvalue weighted by atomic mass is 9.72. The predicted octanol–water partition coefficient (Wildman–Crippen LogP) is 2.93. The number of rotatable bonds is 5. The monoisotopic (exact) mass is 243 g/mol. The molecule has 1 fully saturated rings. The standard InChI is InChI=1S/C14H29NO2/c1-11(16-10-9-15)17-13-7-5-12(6-8-13)14(2,3)4/h11-13H,5-10,15H2,1-4H3. The summed E-state index contributed by atoms with van der Waals surface area (Å²) >= 11 is 0. The highest BCUT2D eigenvalue weighted by atomic mass is 16.7. The molecule has 0 saturated heterocycles. The molecule has 1 atom stereocenters. The molecule has 0 aromatic rings. The lowest BCUT2D eigenvalue weighted by Gasteiger charge is -2.37. The van der Waals surface area contributed by atoms with Gasteiger partial charge in [-0.15, -0.1) is 0 Å². The minimum absolute atomic E-state index is 0.116. The highest BCUT2D eigenvalue weighted by Crippen LogP contribution is 2.38. The predicted molar refractivity (Wildman–Crippen MR) is 70.8 cm³/mol. The third-order valence-corrected chi connectivity index (χ3v) is 3.75. The minimum Gasteiger partial charge on any atom is -0.352 e. The van der Waals surface area contributed by atoms with Crippen molar-refractivity contribution in [3.8, 4) is 0 Å². The summed E-state index contributed by atoms with van der Waals surface area (Å²) in [6, 6.07) is 0. The quantitative estimate of drug-likeness (QED) is 0.755. The summed E-state index contributed by atoms with van der Waals surface area (Å²) in [4.78, 5) is 0. The minimum atomic E-state index is -0.116. The molecule has 0 bridgehead atoms. The maximum atomic E-state index is 5.88. The van der Waals surface area contributed by atoms with Crippen LogP contribution < -0.4 is 5.73 Å². The van der Waals surface area contributed by atoms with E-state index in [0.29, 0.717) is 24.7 Å². The van der Waals surface area contributed by atoms with Gasteiger partial charge >= 0.3 is 0 Å². The van der Waals surface area contributed by atoms with E-state index in [4.69, 9.17) is 15.2 Å². The Hall–Kier alpha value is -0.120. The van der Waals surface area contributed by atoms with E-state index in [0.717, 1.165) is 18.8 Å². The summed E-state index contributed by atoms with van der Waals surface area (Å²) in [7, 11) is 0. The van der Waals surface area contributed by atoms with Gasteiger partial charge in [-0.2, -0.15) is 0 Å². The molecule has 1 aliphatic carbocycles. The molecule has 0 spiro atoms. The molecule has 3 heteroatoms. The van der Waals surface area contributed by atoms with Crippen LogP contribution in [0.15, 0.2) is 0 Å². The number of hydrogen-bond donors (Lipinski definition) is 1. The highest BCUT2D eigenvalue weighted by Gasteiger charge is 2.30. The molecule has 1 aliphatic rings. The highest BCUT2D eigenvalue weighted by molar-refractivity contribution is 4.80. The smallest absolute Gasteiger partial charge is 0.155 e. The summed E-state index contributed by atoms with van der Waals surface area (Å²) in [6.45, 7) is 10.1.